The minimum Gasteiger partial charge on any atom is -0.379 e. The van der Waals surface area contributed by atoms with Crippen molar-refractivity contribution in [3.63, 3.8) is 0 Å². The highest BCUT2D eigenvalue weighted by Gasteiger charge is 2.23. The van der Waals surface area contributed by atoms with Gasteiger partial charge in [0, 0.05) is 25.3 Å². The number of nitrogens with zero attached hydrogens (tertiary/aromatic N) is 3. The van der Waals surface area contributed by atoms with E-state index in [0.717, 1.165) is 29.9 Å². The number of nitrogens with one attached hydrogen (secondary N) is 1. The van der Waals surface area contributed by atoms with Gasteiger partial charge in [0.25, 0.3) is 0 Å². The molecular weight excluding hydrogens is 331 g/mol. The Balaban J connectivity index is 1.84. The van der Waals surface area contributed by atoms with E-state index in [4.69, 9.17) is 4.74 Å². The number of hydrogen-bond acceptors (Lipinski definition) is 5. The Morgan fingerprint density at radius 1 is 1.27 bits per heavy atom. The summed E-state index contributed by atoms with van der Waals surface area (Å²) in [6, 6.07) is 10.8. The predicted octanol–water partition coefficient (Wildman–Crippen LogP) is 3.19. The highest BCUT2D eigenvalue weighted by atomic mass is 19.1. The van der Waals surface area contributed by atoms with E-state index in [-0.39, 0.29) is 11.9 Å². The van der Waals surface area contributed by atoms with Gasteiger partial charge < -0.3 is 10.1 Å². The third kappa shape index (κ3) is 4.18. The molecule has 0 bridgehead atoms. The van der Waals surface area contributed by atoms with E-state index in [1.807, 2.05) is 32.0 Å². The number of rotatable bonds is 5. The van der Waals surface area contributed by atoms with Crippen molar-refractivity contribution >= 4 is 5.82 Å². The van der Waals surface area contributed by atoms with Gasteiger partial charge in [0.15, 0.2) is 0 Å². The van der Waals surface area contributed by atoms with Gasteiger partial charge in [-0.25, -0.2) is 9.37 Å². The average Bonchev–Trinajstić information content (AvgIpc) is 2.64. The first kappa shape index (κ1) is 18.3. The number of anilines is 1. The molecule has 0 amide bonds. The summed E-state index contributed by atoms with van der Waals surface area (Å²) in [6.45, 7) is 7.41. The second kappa shape index (κ2) is 8.26. The molecule has 1 fully saturated rings. The van der Waals surface area contributed by atoms with Crippen LogP contribution in [0, 0.1) is 31.0 Å². The molecule has 1 saturated heterocycles. The van der Waals surface area contributed by atoms with E-state index >= 15 is 0 Å². The van der Waals surface area contributed by atoms with Crippen molar-refractivity contribution in [2.75, 3.05) is 38.2 Å². The largest absolute Gasteiger partial charge is 0.379 e. The summed E-state index contributed by atoms with van der Waals surface area (Å²) in [5.41, 5.74) is 3.38. The number of aromatic nitrogens is 1. The SMILES string of the molecule is Cc1cc(C)c(C#N)c(NCC(c2ccc(F)cc2)N2CCOCC2)n1. The Bertz CT molecular complexity index is 795. The molecule has 136 valence electrons. The summed E-state index contributed by atoms with van der Waals surface area (Å²) >= 11 is 0. The Hall–Kier alpha value is -2.49. The molecule has 26 heavy (non-hydrogen) atoms. The lowest BCUT2D eigenvalue weighted by Gasteiger charge is -2.35. The first-order chi connectivity index (χ1) is 12.6. The minimum atomic E-state index is -0.245. The zero-order valence-corrected chi connectivity index (χ0v) is 15.1. The monoisotopic (exact) mass is 354 g/mol. The maximum atomic E-state index is 13.3. The fraction of sp³-hybridized carbons (Fsp3) is 0.400. The maximum Gasteiger partial charge on any atom is 0.144 e. The quantitative estimate of drug-likeness (QED) is 0.893. The van der Waals surface area contributed by atoms with E-state index in [2.05, 4.69) is 21.3 Å². The number of hydrogen-bond donors (Lipinski definition) is 1. The Labute approximate surface area is 153 Å². The molecule has 0 aliphatic carbocycles. The Kier molecular flexibility index (Phi) is 5.82. The fourth-order valence-corrected chi connectivity index (χ4v) is 3.33. The smallest absolute Gasteiger partial charge is 0.144 e. The number of benzene rings is 1. The molecule has 0 spiro atoms. The van der Waals surface area contributed by atoms with Crippen molar-refractivity contribution in [3.05, 3.63) is 58.5 Å². The van der Waals surface area contributed by atoms with Crippen LogP contribution in [-0.4, -0.2) is 42.7 Å². The van der Waals surface area contributed by atoms with E-state index in [9.17, 15) is 9.65 Å². The minimum absolute atomic E-state index is 0.0497. The van der Waals surface area contributed by atoms with Crippen LogP contribution in [0.1, 0.15) is 28.4 Å². The molecule has 0 radical (unpaired) electrons. The molecule has 1 N–H and O–H groups in total. The van der Waals surface area contributed by atoms with Crippen molar-refractivity contribution in [3.8, 4) is 6.07 Å². The number of aryl methyl sites for hydroxylation is 2. The number of halogens is 1. The van der Waals surface area contributed by atoms with Gasteiger partial charge in [-0.15, -0.1) is 0 Å². The lowest BCUT2D eigenvalue weighted by Crippen LogP contribution is -2.41. The van der Waals surface area contributed by atoms with Crippen molar-refractivity contribution in [1.29, 1.82) is 5.26 Å². The van der Waals surface area contributed by atoms with Crippen molar-refractivity contribution < 1.29 is 9.13 Å². The number of pyridine rings is 1. The van der Waals surface area contributed by atoms with Crippen LogP contribution in [-0.2, 0) is 4.74 Å². The topological polar surface area (TPSA) is 61.2 Å². The van der Waals surface area contributed by atoms with Crippen molar-refractivity contribution in [2.24, 2.45) is 0 Å². The second-order valence-electron chi connectivity index (χ2n) is 6.51. The third-order valence-electron chi connectivity index (χ3n) is 4.66. The molecule has 1 atom stereocenters. The van der Waals surface area contributed by atoms with Crippen molar-refractivity contribution in [2.45, 2.75) is 19.9 Å². The average molecular weight is 354 g/mol. The van der Waals surface area contributed by atoms with Gasteiger partial charge in [-0.2, -0.15) is 5.26 Å². The Morgan fingerprint density at radius 3 is 2.62 bits per heavy atom. The molecule has 0 saturated carbocycles. The molecule has 5 nitrogen and oxygen atoms in total. The van der Waals surface area contributed by atoms with Gasteiger partial charge in [-0.1, -0.05) is 12.1 Å². The number of ether oxygens (including phenoxy) is 1. The van der Waals surface area contributed by atoms with Gasteiger partial charge in [0.1, 0.15) is 17.7 Å². The van der Waals surface area contributed by atoms with E-state index in [1.165, 1.54) is 12.1 Å². The van der Waals surface area contributed by atoms with Crippen LogP contribution in [0.25, 0.3) is 0 Å². The van der Waals surface area contributed by atoms with Crippen LogP contribution in [0.2, 0.25) is 0 Å². The molecule has 2 heterocycles. The van der Waals surface area contributed by atoms with E-state index in [1.54, 1.807) is 0 Å². The molecule has 6 heteroatoms. The molecule has 1 unspecified atom stereocenters. The second-order valence-corrected chi connectivity index (χ2v) is 6.51. The number of nitriles is 1. The van der Waals surface area contributed by atoms with Crippen LogP contribution in [0.4, 0.5) is 10.2 Å². The van der Waals surface area contributed by atoms with Crippen LogP contribution in [0.15, 0.2) is 30.3 Å². The molecule has 3 rings (SSSR count). The lowest BCUT2D eigenvalue weighted by molar-refractivity contribution is 0.0187. The summed E-state index contributed by atoms with van der Waals surface area (Å²) in [7, 11) is 0. The standard InChI is InChI=1S/C20H23FN4O/c1-14-11-15(2)24-20(18(14)12-22)23-13-19(25-7-9-26-10-8-25)16-3-5-17(21)6-4-16/h3-6,11,19H,7-10,13H2,1-2H3,(H,23,24). The highest BCUT2D eigenvalue weighted by Crippen LogP contribution is 2.24. The molecule has 1 aliphatic rings. The van der Waals surface area contributed by atoms with Gasteiger partial charge in [-0.3, -0.25) is 4.90 Å². The van der Waals surface area contributed by atoms with Gasteiger partial charge >= 0.3 is 0 Å². The Morgan fingerprint density at radius 2 is 1.96 bits per heavy atom. The molecule has 1 aromatic carbocycles. The van der Waals surface area contributed by atoms with Gasteiger partial charge in [0.2, 0.25) is 0 Å². The zero-order valence-electron chi connectivity index (χ0n) is 15.1. The molecule has 1 aliphatic heterocycles. The number of morpholine rings is 1. The van der Waals surface area contributed by atoms with Crippen LogP contribution >= 0.6 is 0 Å². The highest BCUT2D eigenvalue weighted by molar-refractivity contribution is 5.56. The summed E-state index contributed by atoms with van der Waals surface area (Å²) in [5.74, 6) is 0.357. The van der Waals surface area contributed by atoms with Crippen molar-refractivity contribution in [1.82, 2.24) is 9.88 Å². The van der Waals surface area contributed by atoms with Crippen LogP contribution in [0.3, 0.4) is 0 Å². The van der Waals surface area contributed by atoms with Gasteiger partial charge in [-0.05, 0) is 43.2 Å². The van der Waals surface area contributed by atoms with Crippen LogP contribution < -0.4 is 5.32 Å². The summed E-state index contributed by atoms with van der Waals surface area (Å²) < 4.78 is 18.8. The first-order valence-electron chi connectivity index (χ1n) is 8.78. The van der Waals surface area contributed by atoms with Gasteiger partial charge in [0.05, 0.1) is 24.8 Å². The lowest BCUT2D eigenvalue weighted by atomic mass is 10.0. The fourth-order valence-electron chi connectivity index (χ4n) is 3.33. The zero-order chi connectivity index (χ0) is 18.5. The third-order valence-corrected chi connectivity index (χ3v) is 4.66. The van der Waals surface area contributed by atoms with E-state index < -0.39 is 0 Å². The summed E-state index contributed by atoms with van der Waals surface area (Å²) in [4.78, 5) is 6.81. The normalized spacial score (nSPS) is 16.1. The molecular formula is C20H23FN4O. The van der Waals surface area contributed by atoms with E-state index in [0.29, 0.717) is 31.1 Å². The van der Waals surface area contributed by atoms with Crippen LogP contribution in [0.5, 0.6) is 0 Å². The summed E-state index contributed by atoms with van der Waals surface area (Å²) in [5, 5.41) is 12.8. The predicted molar refractivity (Wildman–Crippen MR) is 98.4 cm³/mol. The summed E-state index contributed by atoms with van der Waals surface area (Å²) in [6.07, 6.45) is 0. The molecule has 1 aromatic heterocycles. The molecule has 2 aromatic rings. The maximum absolute atomic E-state index is 13.3. The first-order valence-corrected chi connectivity index (χ1v) is 8.78.